The summed E-state index contributed by atoms with van der Waals surface area (Å²) in [6.07, 6.45) is 2.49. The molecule has 2 saturated heterocycles. The lowest BCUT2D eigenvalue weighted by atomic mass is 9.88. The minimum absolute atomic E-state index is 0.00578. The second-order valence-electron chi connectivity index (χ2n) is 10.5. The second-order valence-corrected chi connectivity index (χ2v) is 10.5. The van der Waals surface area contributed by atoms with E-state index in [9.17, 15) is 23.6 Å². The summed E-state index contributed by atoms with van der Waals surface area (Å²) < 4.78 is 64.9. The van der Waals surface area contributed by atoms with Crippen LogP contribution in [0.25, 0.3) is 0 Å². The maximum atomic E-state index is 15.4. The van der Waals surface area contributed by atoms with E-state index in [1.54, 1.807) is 0 Å². The van der Waals surface area contributed by atoms with Gasteiger partial charge in [-0.05, 0) is 37.4 Å². The van der Waals surface area contributed by atoms with Crippen molar-refractivity contribution in [2.75, 3.05) is 56.7 Å². The number of hydrogen-bond acceptors (Lipinski definition) is 8. The van der Waals surface area contributed by atoms with E-state index in [2.05, 4.69) is 25.7 Å². The number of carbonyl (C=O) groups is 2. The Bertz CT molecular complexity index is 1630. The predicted molar refractivity (Wildman–Crippen MR) is 156 cm³/mol. The number of nitriles is 1. The van der Waals surface area contributed by atoms with Crippen LogP contribution in [0.15, 0.2) is 53.7 Å². The van der Waals surface area contributed by atoms with Crippen LogP contribution in [-0.2, 0) is 4.79 Å². The van der Waals surface area contributed by atoms with Crippen molar-refractivity contribution in [3.05, 3.63) is 77.0 Å². The maximum Gasteiger partial charge on any atom is 0.387 e. The lowest BCUT2D eigenvalue weighted by molar-refractivity contribution is -0.118. The first kappa shape index (κ1) is 31.4. The first-order chi connectivity index (χ1) is 21.6. The highest BCUT2D eigenvalue weighted by molar-refractivity contribution is 6.10. The Labute approximate surface area is 256 Å². The summed E-state index contributed by atoms with van der Waals surface area (Å²) in [4.78, 5) is 40.4. The van der Waals surface area contributed by atoms with Crippen molar-refractivity contribution >= 4 is 29.5 Å². The van der Waals surface area contributed by atoms with Crippen LogP contribution in [0.4, 0.5) is 29.1 Å². The molecule has 14 heteroatoms. The molecule has 0 aliphatic carbocycles. The molecule has 0 bridgehead atoms. The van der Waals surface area contributed by atoms with Gasteiger partial charge >= 0.3 is 6.61 Å². The van der Waals surface area contributed by atoms with Crippen molar-refractivity contribution < 1.29 is 36.6 Å². The zero-order valence-electron chi connectivity index (χ0n) is 24.3. The molecule has 2 amide bonds. The Hall–Kier alpha value is -5.03. The molecule has 0 radical (unpaired) electrons. The fourth-order valence-corrected chi connectivity index (χ4v) is 5.47. The average Bonchev–Trinajstić information content (AvgIpc) is 3.34. The van der Waals surface area contributed by atoms with Crippen molar-refractivity contribution in [3.63, 3.8) is 0 Å². The van der Waals surface area contributed by atoms with E-state index in [0.717, 1.165) is 43.6 Å². The summed E-state index contributed by atoms with van der Waals surface area (Å²) >= 11 is 0. The molecule has 2 aliphatic rings. The summed E-state index contributed by atoms with van der Waals surface area (Å²) in [5.74, 6) is -5.67. The number of ether oxygens (including phenoxy) is 2. The highest BCUT2D eigenvalue weighted by atomic mass is 19.3. The van der Waals surface area contributed by atoms with Gasteiger partial charge in [0.15, 0.2) is 0 Å². The number of likely N-dealkylation sites (N-methyl/N-ethyl adjacent to an activating group) is 1. The number of halogens is 4. The number of amides is 2. The number of methoxy groups -OCH3 is 1. The monoisotopic (exact) mass is 624 g/mol. The number of aliphatic imine (C=N–C) groups is 1. The van der Waals surface area contributed by atoms with E-state index < -0.39 is 47.5 Å². The molecule has 1 unspecified atom stereocenters. The van der Waals surface area contributed by atoms with Gasteiger partial charge in [0, 0.05) is 74.3 Å². The number of anilines is 2. The van der Waals surface area contributed by atoms with Gasteiger partial charge in [0.2, 0.25) is 5.91 Å². The number of benzene rings is 2. The van der Waals surface area contributed by atoms with Crippen molar-refractivity contribution in [1.29, 1.82) is 5.26 Å². The lowest BCUT2D eigenvalue weighted by Gasteiger charge is -2.34. The first-order valence-corrected chi connectivity index (χ1v) is 13.9. The number of pyridine rings is 1. The van der Waals surface area contributed by atoms with E-state index in [4.69, 9.17) is 4.74 Å². The fraction of sp³-hybridized carbons (Fsp3) is 0.323. The summed E-state index contributed by atoms with van der Waals surface area (Å²) in [6.45, 7) is -0.584. The maximum absolute atomic E-state index is 15.4. The van der Waals surface area contributed by atoms with E-state index in [-0.39, 0.29) is 34.9 Å². The predicted octanol–water partition coefficient (Wildman–Crippen LogP) is 4.25. The van der Waals surface area contributed by atoms with E-state index >= 15 is 8.78 Å². The largest absolute Gasteiger partial charge is 0.497 e. The highest BCUT2D eigenvalue weighted by Gasteiger charge is 2.44. The van der Waals surface area contributed by atoms with Gasteiger partial charge in [0.1, 0.15) is 40.6 Å². The third kappa shape index (κ3) is 6.58. The van der Waals surface area contributed by atoms with Crippen molar-refractivity contribution in [2.45, 2.75) is 12.5 Å². The zero-order chi connectivity index (χ0) is 32.2. The number of aromatic nitrogens is 1. The average molecular weight is 625 g/mol. The standard InChI is InChI=1S/C31H28F4N6O4/c1-39-9-11-40(12-10-39)28-21(15-36)26(7-8-37-28)41-17-23(27-24(32)13-20(44-2)14-25(27)33)22(30(41)43)16-38-29(42)18-3-5-19(6-4-18)45-31(34)35/h3-8,13-14,16,22-23,31H,9-12,17H2,1-2H3/t22?,23-/m1/s1. The molecule has 3 heterocycles. The minimum atomic E-state index is -3.05. The quantitative estimate of drug-likeness (QED) is 0.270. The molecule has 0 saturated carbocycles. The topological polar surface area (TPSA) is 111 Å². The van der Waals surface area contributed by atoms with E-state index in [0.29, 0.717) is 18.9 Å². The second kappa shape index (κ2) is 13.3. The molecule has 1 aromatic heterocycles. The number of piperazine rings is 1. The van der Waals surface area contributed by atoms with Gasteiger partial charge in [-0.3, -0.25) is 9.59 Å². The van der Waals surface area contributed by atoms with Gasteiger partial charge in [0.05, 0.1) is 18.7 Å². The van der Waals surface area contributed by atoms with Crippen LogP contribution in [0.5, 0.6) is 11.5 Å². The molecule has 0 spiro atoms. The van der Waals surface area contributed by atoms with Crippen LogP contribution < -0.4 is 19.3 Å². The molecule has 2 aliphatic heterocycles. The molecule has 2 atom stereocenters. The van der Waals surface area contributed by atoms with Crippen LogP contribution >= 0.6 is 0 Å². The van der Waals surface area contributed by atoms with Gasteiger partial charge in [-0.15, -0.1) is 0 Å². The Morgan fingerprint density at radius 3 is 2.36 bits per heavy atom. The van der Waals surface area contributed by atoms with Crippen molar-refractivity contribution in [3.8, 4) is 17.6 Å². The Kier molecular flexibility index (Phi) is 9.29. The summed E-state index contributed by atoms with van der Waals surface area (Å²) in [5.41, 5.74) is -0.0608. The Morgan fingerprint density at radius 1 is 1.09 bits per heavy atom. The zero-order valence-corrected chi connectivity index (χ0v) is 24.3. The molecule has 45 heavy (non-hydrogen) atoms. The number of nitrogens with zero attached hydrogens (tertiary/aromatic N) is 6. The number of alkyl halides is 2. The Morgan fingerprint density at radius 2 is 1.76 bits per heavy atom. The molecule has 10 nitrogen and oxygen atoms in total. The van der Waals surface area contributed by atoms with Crippen LogP contribution in [0.1, 0.15) is 27.4 Å². The van der Waals surface area contributed by atoms with Gasteiger partial charge in [-0.25, -0.2) is 18.8 Å². The van der Waals surface area contributed by atoms with Crippen molar-refractivity contribution in [2.24, 2.45) is 10.9 Å². The number of hydrogen-bond donors (Lipinski definition) is 0. The molecule has 5 rings (SSSR count). The van der Waals surface area contributed by atoms with Gasteiger partial charge < -0.3 is 24.2 Å². The molecule has 234 valence electrons. The third-order valence-corrected chi connectivity index (χ3v) is 7.82. The van der Waals surface area contributed by atoms with Crippen molar-refractivity contribution in [1.82, 2.24) is 9.88 Å². The normalized spacial score (nSPS) is 18.9. The molecule has 0 N–H and O–H groups in total. The number of carbonyl (C=O) groups excluding carboxylic acids is 2. The summed E-state index contributed by atoms with van der Waals surface area (Å²) in [5, 5.41) is 10.2. The Balaban J connectivity index is 1.51. The molecular weight excluding hydrogens is 596 g/mol. The smallest absolute Gasteiger partial charge is 0.387 e. The summed E-state index contributed by atoms with van der Waals surface area (Å²) in [7, 11) is 3.24. The minimum Gasteiger partial charge on any atom is -0.497 e. The summed E-state index contributed by atoms with van der Waals surface area (Å²) in [6, 6.07) is 10.4. The lowest BCUT2D eigenvalue weighted by Crippen LogP contribution is -2.45. The third-order valence-electron chi connectivity index (χ3n) is 7.82. The molecule has 3 aromatic rings. The van der Waals surface area contributed by atoms with Crippen LogP contribution in [0.2, 0.25) is 0 Å². The van der Waals surface area contributed by atoms with E-state index in [1.807, 2.05) is 11.9 Å². The first-order valence-electron chi connectivity index (χ1n) is 13.9. The molecule has 2 aromatic carbocycles. The van der Waals surface area contributed by atoms with Gasteiger partial charge in [-0.2, -0.15) is 14.0 Å². The van der Waals surface area contributed by atoms with Crippen LogP contribution in [0.3, 0.4) is 0 Å². The van der Waals surface area contributed by atoms with Crippen LogP contribution in [-0.4, -0.2) is 81.4 Å². The molecular formula is C31H28F4N6O4. The van der Waals surface area contributed by atoms with Crippen LogP contribution in [0, 0.1) is 28.9 Å². The SMILES string of the molecule is COc1cc(F)c([C@@H]2CN(c3ccnc(N4CCN(C)CC4)c3C#N)C(=O)C2C=NC(=O)c2ccc(OC(F)F)cc2)c(F)c1. The molecule has 2 fully saturated rings. The highest BCUT2D eigenvalue weighted by Crippen LogP contribution is 2.41. The van der Waals surface area contributed by atoms with Gasteiger partial charge in [-0.1, -0.05) is 0 Å². The number of rotatable bonds is 8. The van der Waals surface area contributed by atoms with E-state index in [1.165, 1.54) is 36.4 Å². The fourth-order valence-electron chi connectivity index (χ4n) is 5.47. The van der Waals surface area contributed by atoms with Gasteiger partial charge in [0.25, 0.3) is 5.91 Å².